The lowest BCUT2D eigenvalue weighted by molar-refractivity contribution is -0.138. The van der Waals surface area contributed by atoms with Crippen LogP contribution >= 0.6 is 0 Å². The molecule has 19 heavy (non-hydrogen) atoms. The molecule has 1 saturated heterocycles. The normalized spacial score (nSPS) is 17.2. The number of rotatable bonds is 3. The summed E-state index contributed by atoms with van der Waals surface area (Å²) in [5.41, 5.74) is 0. The minimum atomic E-state index is -0.853. The Morgan fingerprint density at radius 3 is 2.74 bits per heavy atom. The van der Waals surface area contributed by atoms with Gasteiger partial charge in [0.15, 0.2) is 0 Å². The second-order valence-electron chi connectivity index (χ2n) is 4.45. The Labute approximate surface area is 110 Å². The Balaban J connectivity index is 1.95. The third kappa shape index (κ3) is 3.50. The summed E-state index contributed by atoms with van der Waals surface area (Å²) in [6.45, 7) is 3.88. The fraction of sp³-hybridized carbons (Fsp3) is 0.636. The van der Waals surface area contributed by atoms with Crippen molar-refractivity contribution in [3.63, 3.8) is 0 Å². The van der Waals surface area contributed by atoms with Gasteiger partial charge in [-0.15, -0.1) is 0 Å². The molecular weight excluding hydrogens is 252 g/mol. The van der Waals surface area contributed by atoms with Crippen LogP contribution in [0, 0.1) is 6.92 Å². The van der Waals surface area contributed by atoms with Crippen LogP contribution in [-0.2, 0) is 4.79 Å². The number of amides is 1. The maximum absolute atomic E-state index is 12.1. The van der Waals surface area contributed by atoms with E-state index in [0.29, 0.717) is 32.1 Å². The van der Waals surface area contributed by atoms with Crippen molar-refractivity contribution in [2.75, 3.05) is 32.7 Å². The number of carbonyl (C=O) groups excluding carboxylic acids is 1. The zero-order valence-corrected chi connectivity index (χ0v) is 10.7. The number of hydrogen-bond donors (Lipinski definition) is 1. The number of hydrogen-bond acceptors (Lipinski definition) is 6. The van der Waals surface area contributed by atoms with E-state index in [-0.39, 0.29) is 18.3 Å². The molecule has 0 aliphatic carbocycles. The van der Waals surface area contributed by atoms with Gasteiger partial charge in [0, 0.05) is 33.1 Å². The van der Waals surface area contributed by atoms with Gasteiger partial charge in [0.2, 0.25) is 5.89 Å². The van der Waals surface area contributed by atoms with Gasteiger partial charge < -0.3 is 14.5 Å². The van der Waals surface area contributed by atoms with Gasteiger partial charge >= 0.3 is 5.97 Å². The van der Waals surface area contributed by atoms with E-state index in [9.17, 15) is 9.59 Å². The fourth-order valence-electron chi connectivity index (χ4n) is 2.05. The summed E-state index contributed by atoms with van der Waals surface area (Å²) < 4.78 is 4.78. The van der Waals surface area contributed by atoms with Gasteiger partial charge in [0.1, 0.15) is 0 Å². The molecule has 0 spiro atoms. The van der Waals surface area contributed by atoms with Crippen LogP contribution in [0.4, 0.5) is 0 Å². The van der Waals surface area contributed by atoms with Gasteiger partial charge in [-0.05, 0) is 6.42 Å². The number of aromatic nitrogens is 2. The Morgan fingerprint density at radius 2 is 2.11 bits per heavy atom. The summed E-state index contributed by atoms with van der Waals surface area (Å²) >= 11 is 0. The molecule has 0 bridgehead atoms. The van der Waals surface area contributed by atoms with Crippen LogP contribution in [-0.4, -0.2) is 69.6 Å². The average Bonchev–Trinajstić information content (AvgIpc) is 2.65. The number of carbonyl (C=O) groups is 2. The first kappa shape index (κ1) is 13.5. The van der Waals surface area contributed by atoms with E-state index < -0.39 is 5.97 Å². The van der Waals surface area contributed by atoms with Gasteiger partial charge in [-0.3, -0.25) is 14.5 Å². The minimum Gasteiger partial charge on any atom is -0.480 e. The summed E-state index contributed by atoms with van der Waals surface area (Å²) in [4.78, 5) is 30.1. The molecule has 0 saturated carbocycles. The summed E-state index contributed by atoms with van der Waals surface area (Å²) in [7, 11) is 0. The zero-order chi connectivity index (χ0) is 13.8. The van der Waals surface area contributed by atoms with Crippen LogP contribution in [0.3, 0.4) is 0 Å². The zero-order valence-electron chi connectivity index (χ0n) is 10.7. The van der Waals surface area contributed by atoms with Gasteiger partial charge in [-0.2, -0.15) is 4.98 Å². The second kappa shape index (κ2) is 5.79. The highest BCUT2D eigenvalue weighted by molar-refractivity contribution is 5.90. The molecule has 2 rings (SSSR count). The summed E-state index contributed by atoms with van der Waals surface area (Å²) in [6.07, 6.45) is 0.732. The first-order valence-electron chi connectivity index (χ1n) is 6.10. The lowest BCUT2D eigenvalue weighted by Gasteiger charge is -2.19. The molecule has 0 unspecified atom stereocenters. The fourth-order valence-corrected chi connectivity index (χ4v) is 2.05. The van der Waals surface area contributed by atoms with E-state index in [2.05, 4.69) is 10.1 Å². The molecular formula is C11H16N4O4. The SMILES string of the molecule is Cc1nc(C(=O)N2CCCN(CC(=O)O)CC2)no1. The Kier molecular flexibility index (Phi) is 4.10. The van der Waals surface area contributed by atoms with Crippen molar-refractivity contribution in [1.29, 1.82) is 0 Å². The predicted octanol–water partition coefficient (Wildman–Crippen LogP) is -0.389. The molecule has 8 nitrogen and oxygen atoms in total. The molecule has 1 fully saturated rings. The monoisotopic (exact) mass is 268 g/mol. The molecule has 0 radical (unpaired) electrons. The van der Waals surface area contributed by atoms with E-state index in [0.717, 1.165) is 6.42 Å². The molecule has 1 N–H and O–H groups in total. The van der Waals surface area contributed by atoms with Crippen molar-refractivity contribution >= 4 is 11.9 Å². The van der Waals surface area contributed by atoms with Crippen LogP contribution in [0.25, 0.3) is 0 Å². The first-order chi connectivity index (χ1) is 9.06. The standard InChI is InChI=1S/C11H16N4O4/c1-8-12-10(13-19-8)11(18)15-4-2-3-14(5-6-15)7-9(16)17/h2-7H2,1H3,(H,16,17). The van der Waals surface area contributed by atoms with Crippen molar-refractivity contribution in [2.24, 2.45) is 0 Å². The van der Waals surface area contributed by atoms with Crippen molar-refractivity contribution in [2.45, 2.75) is 13.3 Å². The smallest absolute Gasteiger partial charge is 0.317 e. The quantitative estimate of drug-likeness (QED) is 0.796. The van der Waals surface area contributed by atoms with Crippen LogP contribution in [0.15, 0.2) is 4.52 Å². The first-order valence-corrected chi connectivity index (χ1v) is 6.10. The molecule has 0 atom stereocenters. The molecule has 104 valence electrons. The molecule has 1 aromatic heterocycles. The van der Waals surface area contributed by atoms with Crippen LogP contribution in [0.5, 0.6) is 0 Å². The second-order valence-corrected chi connectivity index (χ2v) is 4.45. The maximum atomic E-state index is 12.1. The Hall–Kier alpha value is -1.96. The highest BCUT2D eigenvalue weighted by Gasteiger charge is 2.24. The van der Waals surface area contributed by atoms with E-state index in [1.165, 1.54) is 0 Å². The van der Waals surface area contributed by atoms with E-state index in [4.69, 9.17) is 9.63 Å². The number of nitrogens with zero attached hydrogens (tertiary/aromatic N) is 4. The summed E-state index contributed by atoms with van der Waals surface area (Å²) in [5.74, 6) is -0.711. The van der Waals surface area contributed by atoms with E-state index in [1.807, 2.05) is 4.90 Å². The van der Waals surface area contributed by atoms with Gasteiger partial charge in [-0.1, -0.05) is 5.16 Å². The topological polar surface area (TPSA) is 99.8 Å². The highest BCUT2D eigenvalue weighted by atomic mass is 16.5. The predicted molar refractivity (Wildman–Crippen MR) is 63.6 cm³/mol. The largest absolute Gasteiger partial charge is 0.480 e. The van der Waals surface area contributed by atoms with Crippen molar-refractivity contribution in [3.8, 4) is 0 Å². The number of aliphatic carboxylic acids is 1. The van der Waals surface area contributed by atoms with Crippen LogP contribution in [0.2, 0.25) is 0 Å². The lowest BCUT2D eigenvalue weighted by atomic mass is 10.3. The number of carboxylic acid groups (broad SMARTS) is 1. The number of carboxylic acids is 1. The Morgan fingerprint density at radius 1 is 1.32 bits per heavy atom. The molecule has 1 aromatic rings. The summed E-state index contributed by atoms with van der Waals surface area (Å²) in [5, 5.41) is 12.4. The van der Waals surface area contributed by atoms with E-state index >= 15 is 0 Å². The molecule has 1 amide bonds. The average molecular weight is 268 g/mol. The summed E-state index contributed by atoms with van der Waals surface area (Å²) in [6, 6.07) is 0. The molecule has 1 aliphatic heterocycles. The van der Waals surface area contributed by atoms with Gasteiger partial charge in [0.25, 0.3) is 11.7 Å². The third-order valence-corrected chi connectivity index (χ3v) is 2.95. The van der Waals surface area contributed by atoms with Gasteiger partial charge in [0.05, 0.1) is 6.54 Å². The third-order valence-electron chi connectivity index (χ3n) is 2.95. The molecule has 2 heterocycles. The molecule has 0 aromatic carbocycles. The van der Waals surface area contributed by atoms with Crippen LogP contribution in [0.1, 0.15) is 22.9 Å². The van der Waals surface area contributed by atoms with Crippen molar-refractivity contribution in [1.82, 2.24) is 19.9 Å². The van der Waals surface area contributed by atoms with Crippen molar-refractivity contribution < 1.29 is 19.2 Å². The number of aryl methyl sites for hydroxylation is 1. The van der Waals surface area contributed by atoms with Crippen LogP contribution < -0.4 is 0 Å². The lowest BCUT2D eigenvalue weighted by Crippen LogP contribution is -2.37. The minimum absolute atomic E-state index is 0.00332. The molecule has 1 aliphatic rings. The molecule has 8 heteroatoms. The van der Waals surface area contributed by atoms with Crippen molar-refractivity contribution in [3.05, 3.63) is 11.7 Å². The Bertz CT molecular complexity index is 473. The highest BCUT2D eigenvalue weighted by Crippen LogP contribution is 2.07. The maximum Gasteiger partial charge on any atom is 0.317 e. The van der Waals surface area contributed by atoms with E-state index in [1.54, 1.807) is 11.8 Å². The van der Waals surface area contributed by atoms with Gasteiger partial charge in [-0.25, -0.2) is 0 Å².